The molecule has 1 aromatic heterocycles. The Kier molecular flexibility index (Phi) is 5.74. The van der Waals surface area contributed by atoms with Crippen molar-refractivity contribution >= 4 is 27.5 Å². The minimum atomic E-state index is 0.149. The maximum absolute atomic E-state index is 12.8. The van der Waals surface area contributed by atoms with Crippen molar-refractivity contribution < 1.29 is 4.79 Å². The number of nitrogens with zero attached hydrogens (tertiary/aromatic N) is 3. The molecule has 2 heterocycles. The number of hydrogen-bond acceptors (Lipinski definition) is 4. The van der Waals surface area contributed by atoms with Gasteiger partial charge in [-0.25, -0.2) is 4.98 Å². The molecule has 1 aliphatic heterocycles. The van der Waals surface area contributed by atoms with Gasteiger partial charge in [0.25, 0.3) is 5.91 Å². The highest BCUT2D eigenvalue weighted by Gasteiger charge is 2.22. The van der Waals surface area contributed by atoms with Gasteiger partial charge in [0.05, 0.1) is 16.8 Å². The van der Waals surface area contributed by atoms with Crippen LogP contribution in [-0.4, -0.2) is 46.9 Å². The number of para-hydroxylation sites is 1. The minimum Gasteiger partial charge on any atom is -0.336 e. The third-order valence-electron chi connectivity index (χ3n) is 5.20. The molecular weight excluding hydrogens is 366 g/mol. The van der Waals surface area contributed by atoms with Crippen molar-refractivity contribution in [3.8, 4) is 0 Å². The number of carbonyl (C=O) groups excluding carboxylic acids is 1. The van der Waals surface area contributed by atoms with Crippen LogP contribution in [-0.2, 0) is 13.0 Å². The highest BCUT2D eigenvalue weighted by atomic mass is 32.1. The van der Waals surface area contributed by atoms with Crippen LogP contribution in [0.15, 0.2) is 48.5 Å². The molecule has 1 saturated heterocycles. The van der Waals surface area contributed by atoms with Gasteiger partial charge >= 0.3 is 0 Å². The number of rotatable bonds is 5. The van der Waals surface area contributed by atoms with Crippen LogP contribution >= 0.6 is 11.3 Å². The van der Waals surface area contributed by atoms with E-state index in [9.17, 15) is 4.79 Å². The second-order valence-corrected chi connectivity index (χ2v) is 9.05. The van der Waals surface area contributed by atoms with E-state index in [-0.39, 0.29) is 5.91 Å². The Morgan fingerprint density at radius 2 is 1.75 bits per heavy atom. The summed E-state index contributed by atoms with van der Waals surface area (Å²) >= 11 is 1.77. The quantitative estimate of drug-likeness (QED) is 0.642. The van der Waals surface area contributed by atoms with Gasteiger partial charge in [-0.1, -0.05) is 38.1 Å². The molecular formula is C23H27N3OS. The van der Waals surface area contributed by atoms with Gasteiger partial charge in [-0.3, -0.25) is 9.69 Å². The summed E-state index contributed by atoms with van der Waals surface area (Å²) in [6, 6.07) is 16.4. The molecule has 0 N–H and O–H groups in total. The van der Waals surface area contributed by atoms with E-state index in [4.69, 9.17) is 4.98 Å². The Morgan fingerprint density at radius 1 is 1.04 bits per heavy atom. The molecule has 0 aliphatic carbocycles. The van der Waals surface area contributed by atoms with E-state index < -0.39 is 0 Å². The van der Waals surface area contributed by atoms with E-state index in [0.29, 0.717) is 5.92 Å². The Morgan fingerprint density at radius 3 is 2.43 bits per heavy atom. The number of aromatic nitrogens is 1. The smallest absolute Gasteiger partial charge is 0.253 e. The van der Waals surface area contributed by atoms with Crippen molar-refractivity contribution in [2.24, 2.45) is 5.92 Å². The van der Waals surface area contributed by atoms with Crippen molar-refractivity contribution in [1.29, 1.82) is 0 Å². The molecule has 146 valence electrons. The SMILES string of the molecule is CC(C)Cc1ccc(C(=O)N2CCN(Cc3nc4ccccc4s3)CC2)cc1. The summed E-state index contributed by atoms with van der Waals surface area (Å²) in [5, 5.41) is 1.15. The summed E-state index contributed by atoms with van der Waals surface area (Å²) in [4.78, 5) is 21.9. The first kappa shape index (κ1) is 19.1. The molecule has 0 radical (unpaired) electrons. The predicted molar refractivity (Wildman–Crippen MR) is 116 cm³/mol. The highest BCUT2D eigenvalue weighted by Crippen LogP contribution is 2.23. The van der Waals surface area contributed by atoms with E-state index in [0.717, 1.165) is 55.2 Å². The normalized spacial score (nSPS) is 15.5. The van der Waals surface area contributed by atoms with Crippen LogP contribution < -0.4 is 0 Å². The topological polar surface area (TPSA) is 36.4 Å². The zero-order chi connectivity index (χ0) is 19.5. The van der Waals surface area contributed by atoms with Crippen LogP contribution in [0, 0.1) is 5.92 Å². The number of amides is 1. The summed E-state index contributed by atoms with van der Waals surface area (Å²) in [5.74, 6) is 0.779. The van der Waals surface area contributed by atoms with E-state index in [1.807, 2.05) is 23.1 Å². The lowest BCUT2D eigenvalue weighted by Gasteiger charge is -2.34. The molecule has 1 amide bonds. The van der Waals surface area contributed by atoms with Gasteiger partial charge in [-0.05, 0) is 42.2 Å². The first-order valence-electron chi connectivity index (χ1n) is 10.0. The standard InChI is InChI=1S/C23H27N3OS/c1-17(2)15-18-7-9-19(10-8-18)23(27)26-13-11-25(12-14-26)16-22-24-20-5-3-4-6-21(20)28-22/h3-10,17H,11-16H2,1-2H3. The average molecular weight is 394 g/mol. The van der Waals surface area contributed by atoms with Crippen LogP contribution in [0.1, 0.15) is 34.8 Å². The molecule has 28 heavy (non-hydrogen) atoms. The van der Waals surface area contributed by atoms with Gasteiger partial charge < -0.3 is 4.90 Å². The number of piperazine rings is 1. The lowest BCUT2D eigenvalue weighted by Crippen LogP contribution is -2.48. The molecule has 0 spiro atoms. The summed E-state index contributed by atoms with van der Waals surface area (Å²) in [5.41, 5.74) is 3.18. The van der Waals surface area contributed by atoms with Crippen LogP contribution in [0.4, 0.5) is 0 Å². The molecule has 0 bridgehead atoms. The fourth-order valence-electron chi connectivity index (χ4n) is 3.73. The fraction of sp³-hybridized carbons (Fsp3) is 0.391. The van der Waals surface area contributed by atoms with E-state index >= 15 is 0 Å². The molecule has 1 aliphatic rings. The van der Waals surface area contributed by atoms with Crippen molar-refractivity contribution in [2.75, 3.05) is 26.2 Å². The molecule has 5 heteroatoms. The van der Waals surface area contributed by atoms with E-state index in [1.54, 1.807) is 11.3 Å². The number of hydrogen-bond donors (Lipinski definition) is 0. The van der Waals surface area contributed by atoms with Gasteiger partial charge in [-0.2, -0.15) is 0 Å². The molecule has 0 unspecified atom stereocenters. The molecule has 3 aromatic rings. The van der Waals surface area contributed by atoms with E-state index in [1.165, 1.54) is 10.3 Å². The van der Waals surface area contributed by atoms with Crippen LogP contribution in [0.2, 0.25) is 0 Å². The second-order valence-electron chi connectivity index (χ2n) is 7.94. The molecule has 0 saturated carbocycles. The minimum absolute atomic E-state index is 0.149. The van der Waals surface area contributed by atoms with Gasteiger partial charge in [0.1, 0.15) is 5.01 Å². The van der Waals surface area contributed by atoms with Gasteiger partial charge in [0.15, 0.2) is 0 Å². The van der Waals surface area contributed by atoms with Gasteiger partial charge in [-0.15, -0.1) is 11.3 Å². The lowest BCUT2D eigenvalue weighted by molar-refractivity contribution is 0.0628. The van der Waals surface area contributed by atoms with Crippen molar-refractivity contribution in [2.45, 2.75) is 26.8 Å². The Hall–Kier alpha value is -2.24. The molecule has 2 aromatic carbocycles. The van der Waals surface area contributed by atoms with Gasteiger partial charge in [0.2, 0.25) is 0 Å². The van der Waals surface area contributed by atoms with Crippen LogP contribution in [0.25, 0.3) is 10.2 Å². The molecule has 0 atom stereocenters. The van der Waals surface area contributed by atoms with Crippen molar-refractivity contribution in [3.05, 3.63) is 64.7 Å². The maximum atomic E-state index is 12.8. The van der Waals surface area contributed by atoms with Crippen molar-refractivity contribution in [3.63, 3.8) is 0 Å². The fourth-order valence-corrected chi connectivity index (χ4v) is 4.74. The Labute approximate surface area is 170 Å². The van der Waals surface area contributed by atoms with Crippen molar-refractivity contribution in [1.82, 2.24) is 14.8 Å². The third-order valence-corrected chi connectivity index (χ3v) is 6.22. The zero-order valence-corrected chi connectivity index (χ0v) is 17.4. The van der Waals surface area contributed by atoms with E-state index in [2.05, 4.69) is 49.1 Å². The molecule has 4 rings (SSSR count). The molecule has 1 fully saturated rings. The second kappa shape index (κ2) is 8.41. The summed E-state index contributed by atoms with van der Waals surface area (Å²) in [7, 11) is 0. The predicted octanol–water partition coefficient (Wildman–Crippen LogP) is 4.45. The number of fused-ring (bicyclic) bond motifs is 1. The van der Waals surface area contributed by atoms with Crippen LogP contribution in [0.3, 0.4) is 0 Å². The summed E-state index contributed by atoms with van der Waals surface area (Å²) in [6.45, 7) is 8.64. The number of thiazole rings is 1. The Balaban J connectivity index is 1.32. The highest BCUT2D eigenvalue weighted by molar-refractivity contribution is 7.18. The first-order chi connectivity index (χ1) is 13.6. The zero-order valence-electron chi connectivity index (χ0n) is 16.6. The summed E-state index contributed by atoms with van der Waals surface area (Å²) < 4.78 is 1.24. The summed E-state index contributed by atoms with van der Waals surface area (Å²) in [6.07, 6.45) is 1.05. The lowest BCUT2D eigenvalue weighted by atomic mass is 10.0. The van der Waals surface area contributed by atoms with Crippen LogP contribution in [0.5, 0.6) is 0 Å². The third kappa shape index (κ3) is 4.42. The monoisotopic (exact) mass is 393 g/mol. The first-order valence-corrected chi connectivity index (χ1v) is 10.8. The Bertz CT molecular complexity index is 907. The largest absolute Gasteiger partial charge is 0.336 e. The average Bonchev–Trinajstić information content (AvgIpc) is 3.10. The number of carbonyl (C=O) groups is 1. The molecule has 4 nitrogen and oxygen atoms in total. The number of benzene rings is 2. The van der Waals surface area contributed by atoms with Gasteiger partial charge in [0, 0.05) is 31.7 Å². The maximum Gasteiger partial charge on any atom is 0.253 e.